The number of amides is 2. The number of aromatic nitrogens is 6. The van der Waals surface area contributed by atoms with Crippen molar-refractivity contribution in [1.82, 2.24) is 40.5 Å². The Hall–Kier alpha value is -6.58. The van der Waals surface area contributed by atoms with Gasteiger partial charge in [-0.25, -0.2) is 15.0 Å². The number of carbonyl (C=O) groups is 2. The van der Waals surface area contributed by atoms with Gasteiger partial charge in [-0.05, 0) is 67.1 Å². The van der Waals surface area contributed by atoms with Crippen LogP contribution in [0, 0.1) is 12.8 Å². The molecule has 7 aromatic rings. The predicted molar refractivity (Wildman–Crippen MR) is 236 cm³/mol. The summed E-state index contributed by atoms with van der Waals surface area (Å²) in [6, 6.07) is 23.9. The molecule has 14 nitrogen and oxygen atoms in total. The third-order valence-electron chi connectivity index (χ3n) is 12.1. The number of nitrogens with zero attached hydrogens (tertiary/aromatic N) is 8. The first kappa shape index (κ1) is 40.8. The van der Waals surface area contributed by atoms with E-state index in [1.165, 1.54) is 10.5 Å². The number of aryl methyl sites for hydroxylation is 1. The van der Waals surface area contributed by atoms with Crippen LogP contribution in [0.5, 0.6) is 5.75 Å². The first-order chi connectivity index (χ1) is 30.0. The van der Waals surface area contributed by atoms with Crippen molar-refractivity contribution in [3.8, 4) is 38.7 Å². The molecule has 3 N–H and O–H groups in total. The third kappa shape index (κ3) is 8.12. The Morgan fingerprint density at radius 2 is 1.69 bits per heavy atom. The molecule has 2 aliphatic rings. The Bertz CT molecular complexity index is 2740. The van der Waals surface area contributed by atoms with Crippen LogP contribution in [0.2, 0.25) is 0 Å². The minimum Gasteiger partial charge on any atom is -0.507 e. The molecule has 5 atom stereocenters. The van der Waals surface area contributed by atoms with Gasteiger partial charge in [-0.2, -0.15) is 0 Å². The topological polar surface area (TPSA) is 184 Å². The number of benzene rings is 3. The number of phenols is 1. The molecule has 0 unspecified atom stereocenters. The average Bonchev–Trinajstić information content (AvgIpc) is 4.12. The van der Waals surface area contributed by atoms with E-state index in [1.54, 1.807) is 41.9 Å². The molecule has 2 amide bonds. The van der Waals surface area contributed by atoms with E-state index in [0.717, 1.165) is 52.1 Å². The number of aliphatic hydroxyl groups excluding tert-OH is 1. The van der Waals surface area contributed by atoms with Gasteiger partial charge in [0.05, 0.1) is 39.4 Å². The highest BCUT2D eigenvalue weighted by Gasteiger charge is 2.43. The summed E-state index contributed by atoms with van der Waals surface area (Å²) in [6.07, 6.45) is 3.66. The van der Waals surface area contributed by atoms with E-state index in [4.69, 9.17) is 14.5 Å². The molecular formula is C47H47N9O5S. The number of para-hydroxylation sites is 1. The van der Waals surface area contributed by atoms with Crippen molar-refractivity contribution >= 4 is 40.0 Å². The van der Waals surface area contributed by atoms with E-state index in [-0.39, 0.29) is 48.4 Å². The Kier molecular flexibility index (Phi) is 11.2. The number of fused-ring (bicyclic) bond motifs is 1. The van der Waals surface area contributed by atoms with Gasteiger partial charge in [0.1, 0.15) is 29.2 Å². The highest BCUT2D eigenvalue weighted by atomic mass is 32.1. The van der Waals surface area contributed by atoms with Crippen LogP contribution in [0.15, 0.2) is 101 Å². The second-order valence-electron chi connectivity index (χ2n) is 16.6. The number of hydrogen-bond acceptors (Lipinski definition) is 13. The summed E-state index contributed by atoms with van der Waals surface area (Å²) >= 11 is 1.59. The van der Waals surface area contributed by atoms with Crippen LogP contribution in [0.3, 0.4) is 0 Å². The van der Waals surface area contributed by atoms with Gasteiger partial charge in [-0.1, -0.05) is 67.5 Å². The largest absolute Gasteiger partial charge is 0.507 e. The van der Waals surface area contributed by atoms with Crippen LogP contribution >= 0.6 is 11.3 Å². The molecule has 0 radical (unpaired) electrons. The maximum absolute atomic E-state index is 14.3. The number of anilines is 1. The Labute approximate surface area is 362 Å². The highest BCUT2D eigenvalue weighted by Crippen LogP contribution is 2.36. The van der Waals surface area contributed by atoms with Gasteiger partial charge in [0.2, 0.25) is 17.8 Å². The van der Waals surface area contributed by atoms with E-state index in [9.17, 15) is 19.8 Å². The zero-order valence-electron chi connectivity index (χ0n) is 34.8. The minimum absolute atomic E-state index is 0.0434. The van der Waals surface area contributed by atoms with Gasteiger partial charge < -0.3 is 29.9 Å². The molecule has 2 aliphatic heterocycles. The predicted octanol–water partition coefficient (Wildman–Crippen LogP) is 7.45. The quantitative estimate of drug-likeness (QED) is 0.117. The van der Waals surface area contributed by atoms with Crippen molar-refractivity contribution in [2.24, 2.45) is 5.92 Å². The zero-order chi connectivity index (χ0) is 43.1. The summed E-state index contributed by atoms with van der Waals surface area (Å²) in [5.41, 5.74) is 9.16. The molecule has 3 aromatic carbocycles. The molecule has 0 bridgehead atoms. The lowest BCUT2D eigenvalue weighted by molar-refractivity contribution is -0.141. The summed E-state index contributed by atoms with van der Waals surface area (Å²) in [7, 11) is 0. The van der Waals surface area contributed by atoms with E-state index < -0.39 is 18.1 Å². The number of likely N-dealkylation sites (tertiary alicyclic amines) is 1. The molecule has 2 fully saturated rings. The number of thiazole rings is 1. The average molecular weight is 850 g/mol. The van der Waals surface area contributed by atoms with Crippen molar-refractivity contribution in [3.63, 3.8) is 0 Å². The minimum atomic E-state index is -0.840. The lowest BCUT2D eigenvalue weighted by Gasteiger charge is -2.29. The van der Waals surface area contributed by atoms with Crippen LogP contribution in [0.1, 0.15) is 74.1 Å². The summed E-state index contributed by atoms with van der Waals surface area (Å²) < 4.78 is 5.82. The SMILES string of the molecule is Cc1ncsc1-c1ccc([C@H](C)NC(=O)[C@@H]2C[C@@H](O)CN2C(=O)[C@H](c2cc(-c3cnc(N4CC[C@@H](c5ccc6cc(-c7ccccc7O)nnc6c5)C4)nc3)no2)C(C)C)cc1. The van der Waals surface area contributed by atoms with Crippen molar-refractivity contribution < 1.29 is 24.3 Å². The number of hydrogen-bond donors (Lipinski definition) is 3. The maximum atomic E-state index is 14.3. The van der Waals surface area contributed by atoms with E-state index in [1.807, 2.05) is 75.7 Å². The Balaban J connectivity index is 0.839. The number of aliphatic hydroxyl groups is 1. The van der Waals surface area contributed by atoms with Gasteiger partial charge in [0.25, 0.3) is 0 Å². The molecule has 0 aliphatic carbocycles. The van der Waals surface area contributed by atoms with Crippen LogP contribution < -0.4 is 10.2 Å². The van der Waals surface area contributed by atoms with Crippen LogP contribution in [0.4, 0.5) is 5.95 Å². The fourth-order valence-electron chi connectivity index (χ4n) is 8.65. The first-order valence-electron chi connectivity index (χ1n) is 20.9. The molecule has 316 valence electrons. The molecule has 2 saturated heterocycles. The lowest BCUT2D eigenvalue weighted by atomic mass is 9.91. The van der Waals surface area contributed by atoms with E-state index in [0.29, 0.717) is 34.2 Å². The fourth-order valence-corrected chi connectivity index (χ4v) is 9.46. The van der Waals surface area contributed by atoms with Crippen LogP contribution in [-0.4, -0.2) is 89.0 Å². The second kappa shape index (κ2) is 17.1. The van der Waals surface area contributed by atoms with Crippen molar-refractivity contribution in [2.45, 2.75) is 70.6 Å². The van der Waals surface area contributed by atoms with Gasteiger partial charge in [-0.3, -0.25) is 9.59 Å². The molecule has 9 rings (SSSR count). The monoisotopic (exact) mass is 849 g/mol. The summed E-state index contributed by atoms with van der Waals surface area (Å²) in [4.78, 5) is 46.5. The smallest absolute Gasteiger partial charge is 0.243 e. The molecule has 0 saturated carbocycles. The van der Waals surface area contributed by atoms with Gasteiger partial charge in [0.15, 0.2) is 0 Å². The third-order valence-corrected chi connectivity index (χ3v) is 13.1. The molecular weight excluding hydrogens is 803 g/mol. The molecule has 15 heteroatoms. The summed E-state index contributed by atoms with van der Waals surface area (Å²) in [5, 5.41) is 38.2. The van der Waals surface area contributed by atoms with Crippen LogP contribution in [-0.2, 0) is 9.59 Å². The zero-order valence-corrected chi connectivity index (χ0v) is 35.7. The number of phenolic OH excluding ortho intramolecular Hbond substituents is 1. The lowest BCUT2D eigenvalue weighted by Crippen LogP contribution is -2.48. The first-order valence-corrected chi connectivity index (χ1v) is 21.8. The number of nitrogens with one attached hydrogen (secondary N) is 1. The summed E-state index contributed by atoms with van der Waals surface area (Å²) in [5.74, 6) is -0.153. The number of aromatic hydroxyl groups is 1. The Morgan fingerprint density at radius 1 is 0.903 bits per heavy atom. The van der Waals surface area contributed by atoms with Gasteiger partial charge in [-0.15, -0.1) is 21.5 Å². The number of β-amino-alcohol motifs (C(OH)–C–C–N with tert-alkyl or cyclic N) is 1. The number of carbonyl (C=O) groups excluding carboxylic acids is 2. The normalized spacial score (nSPS) is 18.7. The maximum Gasteiger partial charge on any atom is 0.243 e. The standard InChI is InChI=1S/C47H47N9O5S/c1-26(2)43(46(60)56-24-35(57)19-40(56)45(59)51-27(3)29-9-11-30(12-10-29)44-28(4)50-25-62-44)42-20-38(54-61-42)34-21-48-47(49-22-34)55-16-15-33(23-55)31-13-14-32-18-39(53-52-37(32)17-31)36-7-5-6-8-41(36)58/h5-14,17-18,20-22,25-27,33,35,40,43,57-58H,15-16,19,23-24H2,1-4H3,(H,51,59)/t27-,33+,35+,40-,43-/m0/s1. The van der Waals surface area contributed by atoms with E-state index >= 15 is 0 Å². The van der Waals surface area contributed by atoms with E-state index in [2.05, 4.69) is 48.8 Å². The molecule has 0 spiro atoms. The fraction of sp³-hybridized carbons (Fsp3) is 0.319. The van der Waals surface area contributed by atoms with Crippen molar-refractivity contribution in [3.05, 3.63) is 119 Å². The van der Waals surface area contributed by atoms with Crippen LogP contribution in [0.25, 0.3) is 43.9 Å². The number of rotatable bonds is 11. The molecule has 6 heterocycles. The highest BCUT2D eigenvalue weighted by molar-refractivity contribution is 7.13. The van der Waals surface area contributed by atoms with Crippen molar-refractivity contribution in [2.75, 3.05) is 24.5 Å². The van der Waals surface area contributed by atoms with Gasteiger partial charge in [0, 0.05) is 66.9 Å². The van der Waals surface area contributed by atoms with Gasteiger partial charge >= 0.3 is 0 Å². The molecule has 62 heavy (non-hydrogen) atoms. The molecule has 4 aromatic heterocycles. The Morgan fingerprint density at radius 3 is 2.44 bits per heavy atom. The van der Waals surface area contributed by atoms with Crippen molar-refractivity contribution in [1.29, 1.82) is 0 Å². The summed E-state index contributed by atoms with van der Waals surface area (Å²) in [6.45, 7) is 9.31. The second-order valence-corrected chi connectivity index (χ2v) is 17.5.